The van der Waals surface area contributed by atoms with Crippen molar-refractivity contribution in [2.75, 3.05) is 10.6 Å². The van der Waals surface area contributed by atoms with Crippen molar-refractivity contribution in [2.45, 2.75) is 13.1 Å². The van der Waals surface area contributed by atoms with E-state index in [9.17, 15) is 18.0 Å². The van der Waals surface area contributed by atoms with Crippen LogP contribution in [0.4, 0.5) is 23.9 Å². The Kier molecular flexibility index (Phi) is 7.61. The van der Waals surface area contributed by atoms with Crippen molar-refractivity contribution >= 4 is 45.3 Å². The summed E-state index contributed by atoms with van der Waals surface area (Å²) < 4.78 is 48.1. The normalized spacial score (nSPS) is 11.8. The van der Waals surface area contributed by atoms with E-state index in [1.54, 1.807) is 37.4 Å². The van der Waals surface area contributed by atoms with Crippen LogP contribution >= 0.6 is 23.1 Å². The van der Waals surface area contributed by atoms with Crippen LogP contribution in [0.15, 0.2) is 85.1 Å². The average molecular weight is 530 g/mol. The molecule has 0 saturated carbocycles. The number of para-hydroxylation sites is 1. The smallest absolute Gasteiger partial charge is 0.416 e. The lowest BCUT2D eigenvalue weighted by Crippen LogP contribution is -2.14. The van der Waals surface area contributed by atoms with Crippen LogP contribution in [-0.4, -0.2) is 10.3 Å². The van der Waals surface area contributed by atoms with E-state index >= 15 is 0 Å². The fraction of sp³-hybridized carbons (Fsp3) is 0.0769. The second-order valence-corrected chi connectivity index (χ2v) is 8.73. The Morgan fingerprint density at radius 3 is 2.14 bits per heavy atom. The molecule has 10 heteroatoms. The maximum absolute atomic E-state index is 13.2. The lowest BCUT2D eigenvalue weighted by molar-refractivity contribution is -0.137. The molecule has 0 saturated heterocycles. The predicted octanol–water partition coefficient (Wildman–Crippen LogP) is 8.01. The molecule has 0 fully saturated rings. The van der Waals surface area contributed by atoms with Gasteiger partial charge in [0.15, 0.2) is 0 Å². The van der Waals surface area contributed by atoms with E-state index in [1.165, 1.54) is 12.1 Å². The highest BCUT2D eigenvalue weighted by molar-refractivity contribution is 7.11. The quantitative estimate of drug-likeness (QED) is 0.238. The highest BCUT2D eigenvalue weighted by Gasteiger charge is 2.30. The second-order valence-electron chi connectivity index (χ2n) is 7.58. The monoisotopic (exact) mass is 529 g/mol. The Labute approximate surface area is 214 Å². The SMILES string of the molecule is Cc1nsc(NC(=O)/C(=C\Nc2ccccc2)c2ccc(Oc3ccc(C(F)(F)F)cc3)cc2)c1Cl. The summed E-state index contributed by atoms with van der Waals surface area (Å²) in [4.78, 5) is 13.2. The molecule has 0 aliphatic carbocycles. The minimum Gasteiger partial charge on any atom is -0.457 e. The number of alkyl halides is 3. The van der Waals surface area contributed by atoms with Crippen LogP contribution in [-0.2, 0) is 11.0 Å². The molecule has 0 bridgehead atoms. The third-order valence-electron chi connectivity index (χ3n) is 5.00. The Morgan fingerprint density at radius 1 is 0.972 bits per heavy atom. The van der Waals surface area contributed by atoms with E-state index in [4.69, 9.17) is 16.3 Å². The van der Waals surface area contributed by atoms with Gasteiger partial charge in [-0.3, -0.25) is 4.79 Å². The van der Waals surface area contributed by atoms with Crippen LogP contribution in [0.1, 0.15) is 16.8 Å². The van der Waals surface area contributed by atoms with Crippen LogP contribution in [0.3, 0.4) is 0 Å². The fourth-order valence-corrected chi connectivity index (χ4v) is 4.06. The van der Waals surface area contributed by atoms with Crippen molar-refractivity contribution in [1.82, 2.24) is 4.37 Å². The van der Waals surface area contributed by atoms with Crippen molar-refractivity contribution in [3.05, 3.63) is 107 Å². The molecule has 1 heterocycles. The molecule has 36 heavy (non-hydrogen) atoms. The Hall–Kier alpha value is -3.82. The highest BCUT2D eigenvalue weighted by Crippen LogP contribution is 2.33. The van der Waals surface area contributed by atoms with E-state index in [0.29, 0.717) is 32.6 Å². The molecule has 4 rings (SSSR count). The molecule has 0 spiro atoms. The molecule has 0 radical (unpaired) electrons. The van der Waals surface area contributed by atoms with Crippen LogP contribution < -0.4 is 15.4 Å². The van der Waals surface area contributed by atoms with Gasteiger partial charge in [0, 0.05) is 11.9 Å². The molecule has 5 nitrogen and oxygen atoms in total. The second kappa shape index (κ2) is 10.8. The standard InChI is InChI=1S/C26H19ClF3N3O2S/c1-16-23(27)25(36-33-16)32-24(34)22(15-31-19-5-3-2-4-6-19)17-7-11-20(12-8-17)35-21-13-9-18(10-14-21)26(28,29)30/h2-15,31H,1H3,(H,32,34)/b22-15-. The largest absolute Gasteiger partial charge is 0.457 e. The number of hydrogen-bond donors (Lipinski definition) is 2. The number of hydrogen-bond acceptors (Lipinski definition) is 5. The fourth-order valence-electron chi connectivity index (χ4n) is 3.13. The summed E-state index contributed by atoms with van der Waals surface area (Å²) in [6.45, 7) is 1.75. The van der Waals surface area contributed by atoms with E-state index in [0.717, 1.165) is 29.4 Å². The summed E-state index contributed by atoms with van der Waals surface area (Å²) >= 11 is 7.31. The summed E-state index contributed by atoms with van der Waals surface area (Å²) in [5, 5.41) is 6.72. The van der Waals surface area contributed by atoms with Gasteiger partial charge >= 0.3 is 6.18 Å². The van der Waals surface area contributed by atoms with Crippen LogP contribution in [0.2, 0.25) is 5.02 Å². The van der Waals surface area contributed by atoms with Gasteiger partial charge in [-0.05, 0) is 72.6 Å². The molecular formula is C26H19ClF3N3O2S. The Bertz CT molecular complexity index is 1370. The number of nitrogens with zero attached hydrogens (tertiary/aromatic N) is 1. The summed E-state index contributed by atoms with van der Waals surface area (Å²) in [5.74, 6) is 0.251. The number of carbonyl (C=O) groups is 1. The highest BCUT2D eigenvalue weighted by atomic mass is 35.5. The molecule has 0 aliphatic rings. The topological polar surface area (TPSA) is 63.2 Å². The van der Waals surface area contributed by atoms with E-state index in [-0.39, 0.29) is 5.75 Å². The van der Waals surface area contributed by atoms with Crippen molar-refractivity contribution in [3.8, 4) is 11.5 Å². The first-order chi connectivity index (χ1) is 17.2. The number of anilines is 2. The molecule has 0 atom stereocenters. The summed E-state index contributed by atoms with van der Waals surface area (Å²) in [6, 6.07) is 20.3. The minimum absolute atomic E-state index is 0.255. The first kappa shape index (κ1) is 25.3. The third kappa shape index (κ3) is 6.24. The van der Waals surface area contributed by atoms with Gasteiger partial charge in [0.2, 0.25) is 0 Å². The number of carbonyl (C=O) groups excluding carboxylic acids is 1. The van der Waals surface area contributed by atoms with Crippen LogP contribution in [0.5, 0.6) is 11.5 Å². The molecule has 1 amide bonds. The van der Waals surface area contributed by atoms with Gasteiger partial charge in [0.25, 0.3) is 5.91 Å². The Balaban J connectivity index is 1.55. The molecule has 3 aromatic carbocycles. The molecule has 2 N–H and O–H groups in total. The number of amides is 1. The number of rotatable bonds is 7. The van der Waals surface area contributed by atoms with Gasteiger partial charge in [-0.15, -0.1) is 0 Å². The van der Waals surface area contributed by atoms with Crippen molar-refractivity contribution in [3.63, 3.8) is 0 Å². The van der Waals surface area contributed by atoms with Gasteiger partial charge in [-0.1, -0.05) is 41.9 Å². The van der Waals surface area contributed by atoms with E-state index in [1.807, 2.05) is 30.3 Å². The number of benzene rings is 3. The zero-order valence-electron chi connectivity index (χ0n) is 18.8. The van der Waals surface area contributed by atoms with Crippen molar-refractivity contribution in [2.24, 2.45) is 0 Å². The van der Waals surface area contributed by atoms with Gasteiger partial charge in [-0.25, -0.2) is 0 Å². The molecular weight excluding hydrogens is 511 g/mol. The number of nitrogens with one attached hydrogen (secondary N) is 2. The summed E-state index contributed by atoms with van der Waals surface area (Å²) in [7, 11) is 0. The molecule has 0 aliphatic heterocycles. The van der Waals surface area contributed by atoms with Crippen LogP contribution in [0, 0.1) is 6.92 Å². The van der Waals surface area contributed by atoms with E-state index in [2.05, 4.69) is 15.0 Å². The maximum atomic E-state index is 13.2. The van der Waals surface area contributed by atoms with E-state index < -0.39 is 17.6 Å². The van der Waals surface area contributed by atoms with Gasteiger partial charge in [0.05, 0.1) is 21.9 Å². The molecule has 4 aromatic rings. The lowest BCUT2D eigenvalue weighted by atomic mass is 10.1. The van der Waals surface area contributed by atoms with Crippen LogP contribution in [0.25, 0.3) is 5.57 Å². The summed E-state index contributed by atoms with van der Waals surface area (Å²) in [6.07, 6.45) is -2.84. The van der Waals surface area contributed by atoms with Gasteiger partial charge in [-0.2, -0.15) is 17.5 Å². The lowest BCUT2D eigenvalue weighted by Gasteiger charge is -2.12. The Morgan fingerprint density at radius 2 is 1.58 bits per heavy atom. The number of aryl methyl sites for hydroxylation is 1. The number of ether oxygens (including phenoxy) is 1. The predicted molar refractivity (Wildman–Crippen MR) is 136 cm³/mol. The van der Waals surface area contributed by atoms with Gasteiger partial charge < -0.3 is 15.4 Å². The van der Waals surface area contributed by atoms with Gasteiger partial charge in [0.1, 0.15) is 16.5 Å². The number of halogens is 4. The zero-order valence-corrected chi connectivity index (χ0v) is 20.3. The van der Waals surface area contributed by atoms with Crippen molar-refractivity contribution in [1.29, 1.82) is 0 Å². The number of aromatic nitrogens is 1. The third-order valence-corrected chi connectivity index (χ3v) is 6.43. The molecule has 0 unspecified atom stereocenters. The van der Waals surface area contributed by atoms with Crippen molar-refractivity contribution < 1.29 is 22.7 Å². The molecule has 184 valence electrons. The minimum atomic E-state index is -4.42. The molecule has 1 aromatic heterocycles. The zero-order chi connectivity index (χ0) is 25.7. The first-order valence-electron chi connectivity index (χ1n) is 10.6. The first-order valence-corrected chi connectivity index (χ1v) is 11.8. The average Bonchev–Trinajstić information content (AvgIpc) is 3.17. The summed E-state index contributed by atoms with van der Waals surface area (Å²) in [5.41, 5.74) is 1.55. The maximum Gasteiger partial charge on any atom is 0.416 e.